The lowest BCUT2D eigenvalue weighted by molar-refractivity contribution is 0.494. The minimum Gasteiger partial charge on any atom is -0.314 e. The summed E-state index contributed by atoms with van der Waals surface area (Å²) in [6, 6.07) is 11.8. The van der Waals surface area contributed by atoms with Crippen LogP contribution in [0, 0.1) is 6.92 Å². The number of nitrogens with zero attached hydrogens (tertiary/aromatic N) is 1. The molecule has 1 fully saturated rings. The van der Waals surface area contributed by atoms with Crippen molar-refractivity contribution in [1.29, 1.82) is 0 Å². The maximum Gasteiger partial charge on any atom is 0.0739 e. The van der Waals surface area contributed by atoms with Gasteiger partial charge in [0.2, 0.25) is 0 Å². The number of hydrogen-bond acceptors (Lipinski definition) is 2. The van der Waals surface area contributed by atoms with Crippen LogP contribution in [0.15, 0.2) is 42.1 Å². The van der Waals surface area contributed by atoms with Crippen LogP contribution >= 0.6 is 0 Å². The summed E-state index contributed by atoms with van der Waals surface area (Å²) in [5.74, 6) is 0. The highest BCUT2D eigenvalue weighted by Crippen LogP contribution is 2.37. The number of aromatic nitrogens is 1. The van der Waals surface area contributed by atoms with Crippen LogP contribution in [-0.2, 0) is 12.8 Å². The Morgan fingerprint density at radius 1 is 1.09 bits per heavy atom. The van der Waals surface area contributed by atoms with Crippen LogP contribution in [0.25, 0.3) is 5.57 Å². The van der Waals surface area contributed by atoms with Crippen LogP contribution in [0.2, 0.25) is 0 Å². The molecule has 1 saturated heterocycles. The van der Waals surface area contributed by atoms with Gasteiger partial charge in [0.05, 0.1) is 5.69 Å². The van der Waals surface area contributed by atoms with Crippen LogP contribution in [0.3, 0.4) is 0 Å². The monoisotopic (exact) mass is 304 g/mol. The van der Waals surface area contributed by atoms with E-state index in [0.717, 1.165) is 32.2 Å². The maximum absolute atomic E-state index is 4.80. The highest BCUT2D eigenvalue weighted by atomic mass is 14.9. The maximum atomic E-state index is 4.80. The van der Waals surface area contributed by atoms with Gasteiger partial charge in [-0.25, -0.2) is 0 Å². The predicted molar refractivity (Wildman–Crippen MR) is 95.5 cm³/mol. The third kappa shape index (κ3) is 2.72. The molecule has 0 bridgehead atoms. The lowest BCUT2D eigenvalue weighted by Crippen LogP contribution is -2.32. The molecule has 0 amide bonds. The Labute approximate surface area is 138 Å². The van der Waals surface area contributed by atoms with E-state index in [2.05, 4.69) is 49.5 Å². The van der Waals surface area contributed by atoms with Gasteiger partial charge in [-0.1, -0.05) is 35.4 Å². The highest BCUT2D eigenvalue weighted by molar-refractivity contribution is 5.84. The third-order valence-corrected chi connectivity index (χ3v) is 5.15. The fourth-order valence-electron chi connectivity index (χ4n) is 4.03. The molecule has 118 valence electrons. The number of benzene rings is 1. The Kier molecular flexibility index (Phi) is 3.78. The van der Waals surface area contributed by atoms with E-state index >= 15 is 0 Å². The molecule has 2 aliphatic rings. The second-order valence-electron chi connectivity index (χ2n) is 6.96. The molecule has 2 aromatic rings. The molecule has 1 aliphatic heterocycles. The summed E-state index contributed by atoms with van der Waals surface area (Å²) in [6.45, 7) is 5.55. The van der Waals surface area contributed by atoms with Gasteiger partial charge in [0.1, 0.15) is 0 Å². The number of aryl methyl sites for hydroxylation is 3. The van der Waals surface area contributed by atoms with Gasteiger partial charge in [-0.2, -0.15) is 0 Å². The zero-order chi connectivity index (χ0) is 15.8. The summed E-state index contributed by atoms with van der Waals surface area (Å²) >= 11 is 0. The molecule has 2 heteroatoms. The number of hydrogen-bond donors (Lipinski definition) is 1. The summed E-state index contributed by atoms with van der Waals surface area (Å²) in [5.41, 5.74) is 9.86. The van der Waals surface area contributed by atoms with Gasteiger partial charge in [-0.05, 0) is 68.8 Å². The Hall–Kier alpha value is -1.93. The average Bonchev–Trinajstić information content (AvgIpc) is 2.71. The van der Waals surface area contributed by atoms with Crippen molar-refractivity contribution in [1.82, 2.24) is 10.3 Å². The molecule has 1 atom stereocenters. The normalized spacial score (nSPS) is 23.8. The van der Waals surface area contributed by atoms with Crippen LogP contribution < -0.4 is 5.32 Å². The SMILES string of the molecule is Cc1ccc2c(c1)CCc1cccnc1/C2=C1/CCNC(C)C1. The molecule has 23 heavy (non-hydrogen) atoms. The fraction of sp³-hybridized carbons (Fsp3) is 0.381. The highest BCUT2D eigenvalue weighted by Gasteiger charge is 2.24. The molecular formula is C21H24N2. The predicted octanol–water partition coefficient (Wildman–Crippen LogP) is 4.06. The van der Waals surface area contributed by atoms with E-state index in [4.69, 9.17) is 4.98 Å². The van der Waals surface area contributed by atoms with Crippen LogP contribution in [0.5, 0.6) is 0 Å². The van der Waals surface area contributed by atoms with Gasteiger partial charge in [-0.15, -0.1) is 0 Å². The molecule has 0 saturated carbocycles. The van der Waals surface area contributed by atoms with E-state index in [1.165, 1.54) is 33.5 Å². The summed E-state index contributed by atoms with van der Waals surface area (Å²) in [4.78, 5) is 4.80. The molecule has 1 N–H and O–H groups in total. The van der Waals surface area contributed by atoms with Crippen molar-refractivity contribution in [3.63, 3.8) is 0 Å². The third-order valence-electron chi connectivity index (χ3n) is 5.15. The Morgan fingerprint density at radius 3 is 2.83 bits per heavy atom. The summed E-state index contributed by atoms with van der Waals surface area (Å²) < 4.78 is 0. The molecule has 4 rings (SSSR count). The molecule has 1 aliphatic carbocycles. The average molecular weight is 304 g/mol. The van der Waals surface area contributed by atoms with E-state index < -0.39 is 0 Å². The molecule has 1 aromatic carbocycles. The van der Waals surface area contributed by atoms with Crippen molar-refractivity contribution in [2.24, 2.45) is 0 Å². The molecule has 2 heterocycles. The van der Waals surface area contributed by atoms with Crippen molar-refractivity contribution >= 4 is 5.57 Å². The number of fused-ring (bicyclic) bond motifs is 2. The summed E-state index contributed by atoms with van der Waals surface area (Å²) in [5, 5.41) is 3.57. The Bertz CT molecular complexity index is 773. The fourth-order valence-corrected chi connectivity index (χ4v) is 4.03. The number of nitrogens with one attached hydrogen (secondary N) is 1. The first-order valence-corrected chi connectivity index (χ1v) is 8.72. The van der Waals surface area contributed by atoms with Gasteiger partial charge in [0, 0.05) is 17.8 Å². The molecule has 1 aromatic heterocycles. The summed E-state index contributed by atoms with van der Waals surface area (Å²) in [7, 11) is 0. The van der Waals surface area contributed by atoms with Gasteiger partial charge in [0.15, 0.2) is 0 Å². The Morgan fingerprint density at radius 2 is 1.96 bits per heavy atom. The second-order valence-corrected chi connectivity index (χ2v) is 6.96. The topological polar surface area (TPSA) is 24.9 Å². The van der Waals surface area contributed by atoms with Gasteiger partial charge >= 0.3 is 0 Å². The van der Waals surface area contributed by atoms with Crippen LogP contribution in [-0.4, -0.2) is 17.6 Å². The van der Waals surface area contributed by atoms with Crippen molar-refractivity contribution in [2.45, 2.75) is 45.6 Å². The zero-order valence-electron chi connectivity index (χ0n) is 14.0. The van der Waals surface area contributed by atoms with Gasteiger partial charge in [-0.3, -0.25) is 4.98 Å². The number of rotatable bonds is 0. The van der Waals surface area contributed by atoms with Crippen molar-refractivity contribution in [3.8, 4) is 0 Å². The first kappa shape index (κ1) is 14.6. The van der Waals surface area contributed by atoms with E-state index in [1.807, 2.05) is 6.20 Å². The van der Waals surface area contributed by atoms with Crippen molar-refractivity contribution in [3.05, 3.63) is 70.0 Å². The lowest BCUT2D eigenvalue weighted by atomic mass is 9.87. The van der Waals surface area contributed by atoms with Gasteiger partial charge in [0.25, 0.3) is 0 Å². The smallest absolute Gasteiger partial charge is 0.0739 e. The van der Waals surface area contributed by atoms with Crippen LogP contribution in [0.4, 0.5) is 0 Å². The largest absolute Gasteiger partial charge is 0.314 e. The van der Waals surface area contributed by atoms with Gasteiger partial charge < -0.3 is 5.32 Å². The lowest BCUT2D eigenvalue weighted by Gasteiger charge is -2.26. The quantitative estimate of drug-likeness (QED) is 0.794. The minimum atomic E-state index is 0.551. The van der Waals surface area contributed by atoms with Crippen LogP contribution in [0.1, 0.15) is 47.7 Å². The second kappa shape index (κ2) is 5.93. The van der Waals surface area contributed by atoms with E-state index in [0.29, 0.717) is 6.04 Å². The summed E-state index contributed by atoms with van der Waals surface area (Å²) in [6.07, 6.45) is 6.40. The molecular weight excluding hydrogens is 280 g/mol. The van der Waals surface area contributed by atoms with Crippen molar-refractivity contribution in [2.75, 3.05) is 6.54 Å². The Balaban J connectivity index is 1.97. The molecule has 0 spiro atoms. The zero-order valence-corrected chi connectivity index (χ0v) is 14.0. The molecule has 2 nitrogen and oxygen atoms in total. The number of pyridine rings is 1. The first-order valence-electron chi connectivity index (χ1n) is 8.72. The molecule has 1 unspecified atom stereocenters. The van der Waals surface area contributed by atoms with Crippen molar-refractivity contribution < 1.29 is 0 Å². The van der Waals surface area contributed by atoms with E-state index in [1.54, 1.807) is 5.57 Å². The standard InChI is InChI=1S/C21H24N2/c1-14-5-8-19-17(12-14)7-6-16-4-3-10-23-21(16)20(19)18-9-11-22-15(2)13-18/h3-5,8,10,12,15,22H,6-7,9,11,13H2,1-2H3/b20-18-. The number of piperidine rings is 1. The van der Waals surface area contributed by atoms with E-state index in [9.17, 15) is 0 Å². The first-order chi connectivity index (χ1) is 11.2. The minimum absolute atomic E-state index is 0.551. The molecule has 0 radical (unpaired) electrons. The van der Waals surface area contributed by atoms with E-state index in [-0.39, 0.29) is 0 Å².